The largest absolute Gasteiger partial charge is 0.481 e. The number of nitrogens with one attached hydrogen (secondary N) is 1. The van der Waals surface area contributed by atoms with Crippen molar-refractivity contribution in [2.75, 3.05) is 19.6 Å². The normalized spacial score (nSPS) is 18.1. The average molecular weight is 304 g/mol. The molecular weight excluding hydrogens is 280 g/mol. The number of carboxylic acids is 1. The van der Waals surface area contributed by atoms with Gasteiger partial charge in [-0.15, -0.1) is 0 Å². The summed E-state index contributed by atoms with van der Waals surface area (Å²) in [6.45, 7) is 5.67. The van der Waals surface area contributed by atoms with Crippen LogP contribution < -0.4 is 5.32 Å². The van der Waals surface area contributed by atoms with Crippen molar-refractivity contribution in [2.24, 2.45) is 5.92 Å². The zero-order valence-electron chi connectivity index (χ0n) is 13.3. The first kappa shape index (κ1) is 16.3. The van der Waals surface area contributed by atoms with Gasteiger partial charge in [-0.25, -0.2) is 4.79 Å². The summed E-state index contributed by atoms with van der Waals surface area (Å²) in [5, 5.41) is 12.0. The lowest BCUT2D eigenvalue weighted by atomic mass is 9.98. The molecule has 0 aromatic heterocycles. The molecule has 1 aromatic carbocycles. The second-order valence-corrected chi connectivity index (χ2v) is 5.98. The van der Waals surface area contributed by atoms with Gasteiger partial charge in [-0.1, -0.05) is 18.2 Å². The van der Waals surface area contributed by atoms with Gasteiger partial charge < -0.3 is 15.3 Å². The van der Waals surface area contributed by atoms with Crippen molar-refractivity contribution in [3.8, 4) is 0 Å². The molecule has 1 aromatic rings. The quantitative estimate of drug-likeness (QED) is 0.897. The summed E-state index contributed by atoms with van der Waals surface area (Å²) in [5.74, 6) is -1.24. The van der Waals surface area contributed by atoms with Crippen LogP contribution in [0.15, 0.2) is 18.2 Å². The lowest BCUT2D eigenvalue weighted by Crippen LogP contribution is -2.47. The van der Waals surface area contributed by atoms with Crippen LogP contribution in [0.5, 0.6) is 0 Å². The minimum absolute atomic E-state index is 0.155. The first-order chi connectivity index (χ1) is 10.5. The molecule has 1 saturated heterocycles. The van der Waals surface area contributed by atoms with E-state index in [1.54, 1.807) is 4.90 Å². The Morgan fingerprint density at radius 1 is 1.32 bits per heavy atom. The molecule has 2 amide bonds. The SMILES string of the molecule is Cc1cccc(C)c1CCNC(=O)N1CCCC(C(=O)O)C1. The predicted molar refractivity (Wildman–Crippen MR) is 85.0 cm³/mol. The fraction of sp³-hybridized carbons (Fsp3) is 0.529. The van der Waals surface area contributed by atoms with Gasteiger partial charge >= 0.3 is 12.0 Å². The van der Waals surface area contributed by atoms with E-state index in [2.05, 4.69) is 31.3 Å². The number of amides is 2. The summed E-state index contributed by atoms with van der Waals surface area (Å²) >= 11 is 0. The van der Waals surface area contributed by atoms with Crippen molar-refractivity contribution in [3.05, 3.63) is 34.9 Å². The van der Waals surface area contributed by atoms with Crippen molar-refractivity contribution in [1.82, 2.24) is 10.2 Å². The molecule has 1 aliphatic heterocycles. The highest BCUT2D eigenvalue weighted by Crippen LogP contribution is 2.17. The molecule has 0 bridgehead atoms. The number of carboxylic acid groups (broad SMARTS) is 1. The maximum atomic E-state index is 12.1. The molecule has 1 fully saturated rings. The molecule has 1 aliphatic rings. The number of aliphatic carboxylic acids is 1. The topological polar surface area (TPSA) is 69.6 Å². The first-order valence-corrected chi connectivity index (χ1v) is 7.79. The van der Waals surface area contributed by atoms with E-state index in [1.165, 1.54) is 16.7 Å². The molecule has 0 spiro atoms. The van der Waals surface area contributed by atoms with Gasteiger partial charge in [0.1, 0.15) is 0 Å². The monoisotopic (exact) mass is 304 g/mol. The van der Waals surface area contributed by atoms with E-state index in [1.807, 2.05) is 6.07 Å². The average Bonchev–Trinajstić information content (AvgIpc) is 2.50. The number of rotatable bonds is 4. The summed E-state index contributed by atoms with van der Waals surface area (Å²) in [7, 11) is 0. The Hall–Kier alpha value is -2.04. The fourth-order valence-electron chi connectivity index (χ4n) is 3.01. The number of aryl methyl sites for hydroxylation is 2. The van der Waals surface area contributed by atoms with E-state index in [-0.39, 0.29) is 6.03 Å². The van der Waals surface area contributed by atoms with E-state index in [9.17, 15) is 9.59 Å². The molecule has 5 heteroatoms. The molecule has 2 N–H and O–H groups in total. The standard InChI is InChI=1S/C17H24N2O3/c1-12-5-3-6-13(2)15(12)8-9-18-17(22)19-10-4-7-14(11-19)16(20)21/h3,5-6,14H,4,7-11H2,1-2H3,(H,18,22)(H,20,21). The smallest absolute Gasteiger partial charge is 0.317 e. The Bertz CT molecular complexity index is 537. The second kappa shape index (κ2) is 7.29. The van der Waals surface area contributed by atoms with Crippen molar-refractivity contribution < 1.29 is 14.7 Å². The minimum Gasteiger partial charge on any atom is -0.481 e. The molecule has 0 aliphatic carbocycles. The Balaban J connectivity index is 1.84. The van der Waals surface area contributed by atoms with Crippen LogP contribution in [0.3, 0.4) is 0 Å². The third-order valence-electron chi connectivity index (χ3n) is 4.35. The van der Waals surface area contributed by atoms with Crippen LogP contribution in [0.25, 0.3) is 0 Å². The molecule has 120 valence electrons. The number of benzene rings is 1. The van der Waals surface area contributed by atoms with E-state index in [0.717, 1.165) is 12.8 Å². The number of hydrogen-bond donors (Lipinski definition) is 2. The lowest BCUT2D eigenvalue weighted by Gasteiger charge is -2.30. The number of carbonyl (C=O) groups is 2. The van der Waals surface area contributed by atoms with Crippen LogP contribution >= 0.6 is 0 Å². The summed E-state index contributed by atoms with van der Waals surface area (Å²) in [5.41, 5.74) is 3.74. The number of likely N-dealkylation sites (tertiary alicyclic amines) is 1. The van der Waals surface area contributed by atoms with Crippen LogP contribution in [-0.4, -0.2) is 41.6 Å². The van der Waals surface area contributed by atoms with Gasteiger partial charge in [0.2, 0.25) is 0 Å². The minimum atomic E-state index is -0.812. The van der Waals surface area contributed by atoms with E-state index < -0.39 is 11.9 Å². The molecule has 0 saturated carbocycles. The third-order valence-corrected chi connectivity index (χ3v) is 4.35. The van der Waals surface area contributed by atoms with Gasteiger partial charge in [0.25, 0.3) is 0 Å². The maximum Gasteiger partial charge on any atom is 0.317 e. The molecular formula is C17H24N2O3. The van der Waals surface area contributed by atoms with Crippen LogP contribution in [-0.2, 0) is 11.2 Å². The van der Waals surface area contributed by atoms with Crippen LogP contribution in [0.2, 0.25) is 0 Å². The van der Waals surface area contributed by atoms with E-state index >= 15 is 0 Å². The van der Waals surface area contributed by atoms with Crippen molar-refractivity contribution in [3.63, 3.8) is 0 Å². The molecule has 1 atom stereocenters. The molecule has 2 rings (SSSR count). The number of carbonyl (C=O) groups excluding carboxylic acids is 1. The van der Waals surface area contributed by atoms with Gasteiger partial charge in [-0.2, -0.15) is 0 Å². The lowest BCUT2D eigenvalue weighted by molar-refractivity contribution is -0.143. The Morgan fingerprint density at radius 2 is 2.00 bits per heavy atom. The predicted octanol–water partition coefficient (Wildman–Crippen LogP) is 2.35. The number of piperidine rings is 1. The van der Waals surface area contributed by atoms with E-state index in [4.69, 9.17) is 5.11 Å². The summed E-state index contributed by atoms with van der Waals surface area (Å²) < 4.78 is 0. The highest BCUT2D eigenvalue weighted by atomic mass is 16.4. The molecule has 1 heterocycles. The Morgan fingerprint density at radius 3 is 2.64 bits per heavy atom. The van der Waals surface area contributed by atoms with E-state index in [0.29, 0.717) is 26.1 Å². The summed E-state index contributed by atoms with van der Waals surface area (Å²) in [6.07, 6.45) is 2.20. The molecule has 0 radical (unpaired) electrons. The number of hydrogen-bond acceptors (Lipinski definition) is 2. The van der Waals surface area contributed by atoms with Crippen molar-refractivity contribution in [2.45, 2.75) is 33.1 Å². The van der Waals surface area contributed by atoms with Crippen molar-refractivity contribution >= 4 is 12.0 Å². The molecule has 5 nitrogen and oxygen atoms in total. The Kier molecular flexibility index (Phi) is 5.41. The fourth-order valence-corrected chi connectivity index (χ4v) is 3.01. The highest BCUT2D eigenvalue weighted by Gasteiger charge is 2.27. The van der Waals surface area contributed by atoms with Gasteiger partial charge in [-0.3, -0.25) is 4.79 Å². The Labute approximate surface area is 131 Å². The van der Waals surface area contributed by atoms with Gasteiger partial charge in [0, 0.05) is 19.6 Å². The second-order valence-electron chi connectivity index (χ2n) is 5.98. The first-order valence-electron chi connectivity index (χ1n) is 7.79. The number of urea groups is 1. The third kappa shape index (κ3) is 4.00. The summed E-state index contributed by atoms with van der Waals surface area (Å²) in [6, 6.07) is 6.03. The van der Waals surface area contributed by atoms with Gasteiger partial charge in [0.15, 0.2) is 0 Å². The highest BCUT2D eigenvalue weighted by molar-refractivity contribution is 5.76. The van der Waals surface area contributed by atoms with Crippen LogP contribution in [0, 0.1) is 19.8 Å². The zero-order valence-corrected chi connectivity index (χ0v) is 13.3. The van der Waals surface area contributed by atoms with Crippen LogP contribution in [0.4, 0.5) is 4.79 Å². The van der Waals surface area contributed by atoms with Crippen LogP contribution in [0.1, 0.15) is 29.5 Å². The molecule has 22 heavy (non-hydrogen) atoms. The van der Waals surface area contributed by atoms with Crippen molar-refractivity contribution in [1.29, 1.82) is 0 Å². The van der Waals surface area contributed by atoms with Gasteiger partial charge in [-0.05, 0) is 49.8 Å². The number of nitrogens with zero attached hydrogens (tertiary/aromatic N) is 1. The zero-order chi connectivity index (χ0) is 16.1. The summed E-state index contributed by atoms with van der Waals surface area (Å²) in [4.78, 5) is 24.8. The maximum absolute atomic E-state index is 12.1. The van der Waals surface area contributed by atoms with Gasteiger partial charge in [0.05, 0.1) is 5.92 Å². The molecule has 1 unspecified atom stereocenters.